The zero-order chi connectivity index (χ0) is 17.1. The van der Waals surface area contributed by atoms with Gasteiger partial charge in [0, 0.05) is 24.8 Å². The smallest absolute Gasteiger partial charge is 0.384 e. The lowest BCUT2D eigenvalue weighted by Gasteiger charge is -2.12. The second-order valence-corrected chi connectivity index (χ2v) is 5.52. The molecule has 24 heavy (non-hydrogen) atoms. The fourth-order valence-electron chi connectivity index (χ4n) is 2.23. The van der Waals surface area contributed by atoms with Gasteiger partial charge in [0.1, 0.15) is 7.05 Å². The van der Waals surface area contributed by atoms with E-state index in [0.29, 0.717) is 11.6 Å². The molecule has 6 nitrogen and oxygen atoms in total. The second kappa shape index (κ2) is 6.54. The van der Waals surface area contributed by atoms with Crippen molar-refractivity contribution in [1.29, 1.82) is 0 Å². The molecule has 0 amide bonds. The molecule has 0 aliphatic heterocycles. The molecule has 122 valence electrons. The van der Waals surface area contributed by atoms with Crippen LogP contribution in [0.2, 0.25) is 0 Å². The van der Waals surface area contributed by atoms with Gasteiger partial charge in [-0.1, -0.05) is 22.9 Å². The molecular weight excluding hydrogens is 304 g/mol. The predicted octanol–water partition coefficient (Wildman–Crippen LogP) is 1.67. The van der Waals surface area contributed by atoms with E-state index in [1.54, 1.807) is 19.2 Å². The van der Waals surface area contributed by atoms with Crippen LogP contribution in [0.25, 0.3) is 11.5 Å². The number of hydrogen-bond acceptors (Lipinski definition) is 5. The first-order valence-corrected chi connectivity index (χ1v) is 7.51. The molecule has 3 rings (SSSR count). The summed E-state index contributed by atoms with van der Waals surface area (Å²) in [5, 5.41) is 12.4. The van der Waals surface area contributed by atoms with Crippen LogP contribution in [-0.4, -0.2) is 25.0 Å². The van der Waals surface area contributed by atoms with Gasteiger partial charge in [0.15, 0.2) is 0 Å². The average molecular weight is 322 g/mol. The van der Waals surface area contributed by atoms with Gasteiger partial charge < -0.3 is 10.0 Å². The maximum absolute atomic E-state index is 12.4. The van der Waals surface area contributed by atoms with Crippen molar-refractivity contribution in [2.24, 2.45) is 12.0 Å². The maximum Gasteiger partial charge on any atom is 0.384 e. The van der Waals surface area contributed by atoms with Crippen molar-refractivity contribution in [3.8, 4) is 11.5 Å². The van der Waals surface area contributed by atoms with E-state index in [2.05, 4.69) is 9.98 Å². The molecule has 0 spiro atoms. The standard InChI is InChI=1S/C18H18N4O2/c1-21(2)15-11-9-14(10-12-15)19-17(23)16-20-18(24-22(16)3)13-7-5-4-6-8-13/h4-12H,1-3H3. The van der Waals surface area contributed by atoms with Gasteiger partial charge in [0.05, 0.1) is 17.1 Å². The molecule has 0 unspecified atom stereocenters. The van der Waals surface area contributed by atoms with Gasteiger partial charge in [-0.2, -0.15) is 0 Å². The van der Waals surface area contributed by atoms with Gasteiger partial charge in [0.25, 0.3) is 0 Å². The number of anilines is 1. The largest absolute Gasteiger partial charge is 0.853 e. The Bertz CT molecular complexity index is 852. The first kappa shape index (κ1) is 15.7. The zero-order valence-electron chi connectivity index (χ0n) is 13.8. The number of rotatable bonds is 4. The van der Waals surface area contributed by atoms with Crippen LogP contribution in [0.1, 0.15) is 5.82 Å². The van der Waals surface area contributed by atoms with Gasteiger partial charge in [-0.15, -0.1) is 0 Å². The SMILES string of the molecule is CN(C)c1ccc(N=C([O-])c2nc(-c3ccccc3)o[n+]2C)cc1. The first-order valence-electron chi connectivity index (χ1n) is 7.51. The monoisotopic (exact) mass is 322 g/mol. The molecule has 3 aromatic rings. The molecule has 0 N–H and O–H groups in total. The topological polar surface area (TPSA) is 68.6 Å². The summed E-state index contributed by atoms with van der Waals surface area (Å²) < 4.78 is 6.86. The Hall–Kier alpha value is -3.15. The van der Waals surface area contributed by atoms with Crippen molar-refractivity contribution < 1.29 is 14.4 Å². The zero-order valence-corrected chi connectivity index (χ0v) is 13.8. The van der Waals surface area contributed by atoms with Crippen molar-refractivity contribution in [2.45, 2.75) is 0 Å². The number of aliphatic imine (C=N–C) groups is 1. The van der Waals surface area contributed by atoms with Crippen LogP contribution >= 0.6 is 0 Å². The lowest BCUT2D eigenvalue weighted by molar-refractivity contribution is -0.846. The van der Waals surface area contributed by atoms with Crippen LogP contribution in [-0.2, 0) is 7.05 Å². The molecule has 0 saturated heterocycles. The Labute approximate surface area is 140 Å². The van der Waals surface area contributed by atoms with Gasteiger partial charge in [-0.05, 0) is 36.4 Å². The number of benzene rings is 2. The van der Waals surface area contributed by atoms with E-state index in [1.807, 2.05) is 61.5 Å². The lowest BCUT2D eigenvalue weighted by atomic mass is 10.2. The highest BCUT2D eigenvalue weighted by molar-refractivity contribution is 5.87. The molecule has 0 bridgehead atoms. The normalized spacial score (nSPS) is 11.5. The highest BCUT2D eigenvalue weighted by Gasteiger charge is 2.21. The van der Waals surface area contributed by atoms with Crippen LogP contribution in [0.4, 0.5) is 11.4 Å². The first-order chi connectivity index (χ1) is 11.5. The highest BCUT2D eigenvalue weighted by atomic mass is 16.5. The fraction of sp³-hybridized carbons (Fsp3) is 0.167. The van der Waals surface area contributed by atoms with Gasteiger partial charge in [-0.25, -0.2) is 0 Å². The quantitative estimate of drug-likeness (QED) is 0.416. The molecule has 2 aromatic carbocycles. The second-order valence-electron chi connectivity index (χ2n) is 5.52. The summed E-state index contributed by atoms with van der Waals surface area (Å²) in [5.74, 6) is 0.103. The minimum absolute atomic E-state index is 0.158. The van der Waals surface area contributed by atoms with Crippen molar-refractivity contribution in [1.82, 2.24) is 4.98 Å². The summed E-state index contributed by atoms with van der Waals surface area (Å²) in [4.78, 5) is 10.3. The summed E-state index contributed by atoms with van der Waals surface area (Å²) in [6.07, 6.45) is 0. The molecule has 0 radical (unpaired) electrons. The fourth-order valence-corrected chi connectivity index (χ4v) is 2.23. The highest BCUT2D eigenvalue weighted by Crippen LogP contribution is 2.19. The summed E-state index contributed by atoms with van der Waals surface area (Å²) >= 11 is 0. The van der Waals surface area contributed by atoms with E-state index < -0.39 is 5.90 Å². The molecule has 0 aliphatic rings. The van der Waals surface area contributed by atoms with Crippen molar-refractivity contribution in [3.63, 3.8) is 0 Å². The molecule has 0 fully saturated rings. The summed E-state index contributed by atoms with van der Waals surface area (Å²) in [6, 6.07) is 16.8. The Morgan fingerprint density at radius 3 is 2.38 bits per heavy atom. The summed E-state index contributed by atoms with van der Waals surface area (Å²) in [6.45, 7) is 0. The minimum Gasteiger partial charge on any atom is -0.853 e. The predicted molar refractivity (Wildman–Crippen MR) is 90.1 cm³/mol. The van der Waals surface area contributed by atoms with Crippen LogP contribution in [0, 0.1) is 0 Å². The van der Waals surface area contributed by atoms with Gasteiger partial charge >= 0.3 is 11.7 Å². The molecule has 6 heteroatoms. The average Bonchev–Trinajstić information content (AvgIpc) is 2.98. The Kier molecular flexibility index (Phi) is 4.29. The third-order valence-electron chi connectivity index (χ3n) is 3.54. The molecule has 0 saturated carbocycles. The number of aryl methyl sites for hydroxylation is 1. The van der Waals surface area contributed by atoms with Crippen molar-refractivity contribution in [2.75, 3.05) is 19.0 Å². The van der Waals surface area contributed by atoms with Gasteiger partial charge in [-0.3, -0.25) is 9.52 Å². The number of hydrogen-bond donors (Lipinski definition) is 0. The maximum atomic E-state index is 12.4. The van der Waals surface area contributed by atoms with E-state index in [1.165, 1.54) is 4.74 Å². The van der Waals surface area contributed by atoms with Crippen LogP contribution in [0.3, 0.4) is 0 Å². The molecule has 0 atom stereocenters. The Balaban J connectivity index is 1.89. The Morgan fingerprint density at radius 2 is 1.75 bits per heavy atom. The molecule has 1 aromatic heterocycles. The van der Waals surface area contributed by atoms with E-state index in [4.69, 9.17) is 4.52 Å². The molecular formula is C18H18N4O2. The molecule has 0 aliphatic carbocycles. The third kappa shape index (κ3) is 3.27. The van der Waals surface area contributed by atoms with Crippen LogP contribution in [0.15, 0.2) is 64.1 Å². The minimum atomic E-state index is -0.443. The van der Waals surface area contributed by atoms with Gasteiger partial charge in [0.2, 0.25) is 0 Å². The van der Waals surface area contributed by atoms with E-state index in [-0.39, 0.29) is 5.82 Å². The van der Waals surface area contributed by atoms with E-state index in [9.17, 15) is 5.11 Å². The third-order valence-corrected chi connectivity index (χ3v) is 3.54. The van der Waals surface area contributed by atoms with Crippen LogP contribution in [0.5, 0.6) is 0 Å². The van der Waals surface area contributed by atoms with E-state index >= 15 is 0 Å². The number of nitrogens with zero attached hydrogens (tertiary/aromatic N) is 4. The number of aromatic nitrogens is 2. The lowest BCUT2D eigenvalue weighted by Crippen LogP contribution is -2.38. The van der Waals surface area contributed by atoms with Crippen LogP contribution < -0.4 is 14.7 Å². The molecule has 1 heterocycles. The van der Waals surface area contributed by atoms with Crippen molar-refractivity contribution >= 4 is 17.3 Å². The summed E-state index contributed by atoms with van der Waals surface area (Å²) in [5.41, 5.74) is 2.43. The van der Waals surface area contributed by atoms with E-state index in [0.717, 1.165) is 11.3 Å². The van der Waals surface area contributed by atoms with Crippen molar-refractivity contribution in [3.05, 3.63) is 60.4 Å². The Morgan fingerprint density at radius 1 is 1.08 bits per heavy atom. The summed E-state index contributed by atoms with van der Waals surface area (Å²) in [7, 11) is 5.55.